The summed E-state index contributed by atoms with van der Waals surface area (Å²) in [7, 11) is 1.95. The van der Waals surface area contributed by atoms with Gasteiger partial charge in [0, 0.05) is 25.8 Å². The molecule has 1 aromatic carbocycles. The zero-order valence-electron chi connectivity index (χ0n) is 7.70. The summed E-state index contributed by atoms with van der Waals surface area (Å²) in [5, 5.41) is 7.80. The molecule has 0 aromatic heterocycles. The summed E-state index contributed by atoms with van der Waals surface area (Å²) in [5.74, 6) is 0.589. The maximum absolute atomic E-state index is 7.80. The molecule has 0 amide bonds. The van der Waals surface area contributed by atoms with Crippen molar-refractivity contribution in [2.45, 2.75) is 0 Å². The summed E-state index contributed by atoms with van der Waals surface area (Å²) >= 11 is 0. The largest absolute Gasteiger partial charge is 0.344 e. The van der Waals surface area contributed by atoms with E-state index in [-0.39, 0.29) is 0 Å². The molecule has 0 radical (unpaired) electrons. The van der Waals surface area contributed by atoms with Gasteiger partial charge in [-0.1, -0.05) is 18.2 Å². The molecule has 13 heavy (non-hydrogen) atoms. The van der Waals surface area contributed by atoms with Gasteiger partial charge in [0.25, 0.3) is 0 Å². The average molecular weight is 175 g/mol. The van der Waals surface area contributed by atoms with E-state index in [2.05, 4.69) is 0 Å². The minimum absolute atomic E-state index is 0.589. The van der Waals surface area contributed by atoms with E-state index >= 15 is 0 Å². The Bertz CT molecular complexity index is 307. The Labute approximate surface area is 78.1 Å². The van der Waals surface area contributed by atoms with Crippen LogP contribution in [0.25, 0.3) is 0 Å². The Balaban J connectivity index is 2.24. The van der Waals surface area contributed by atoms with Gasteiger partial charge in [0.15, 0.2) is 5.96 Å². The molecule has 0 unspecified atom stereocenters. The van der Waals surface area contributed by atoms with Crippen molar-refractivity contribution in [1.82, 2.24) is 4.90 Å². The second-order valence-electron chi connectivity index (χ2n) is 3.23. The van der Waals surface area contributed by atoms with Crippen LogP contribution in [0.4, 0.5) is 5.69 Å². The number of rotatable bonds is 1. The van der Waals surface area contributed by atoms with E-state index in [0.29, 0.717) is 5.96 Å². The van der Waals surface area contributed by atoms with Gasteiger partial charge in [0.05, 0.1) is 0 Å². The third-order valence-corrected chi connectivity index (χ3v) is 2.34. The summed E-state index contributed by atoms with van der Waals surface area (Å²) in [5.41, 5.74) is 1.11. The van der Waals surface area contributed by atoms with Crippen molar-refractivity contribution >= 4 is 11.6 Å². The van der Waals surface area contributed by atoms with Crippen LogP contribution in [0, 0.1) is 5.41 Å². The van der Waals surface area contributed by atoms with Crippen LogP contribution < -0.4 is 4.90 Å². The van der Waals surface area contributed by atoms with E-state index in [9.17, 15) is 0 Å². The Morgan fingerprint density at radius 3 is 2.38 bits per heavy atom. The highest BCUT2D eigenvalue weighted by Gasteiger charge is 2.22. The molecule has 1 aliphatic rings. The van der Waals surface area contributed by atoms with E-state index in [4.69, 9.17) is 5.41 Å². The normalized spacial score (nSPS) is 16.8. The number of para-hydroxylation sites is 1. The van der Waals surface area contributed by atoms with Crippen molar-refractivity contribution in [2.24, 2.45) is 0 Å². The lowest BCUT2D eigenvalue weighted by molar-refractivity contribution is 0.560. The minimum atomic E-state index is 0.589. The molecule has 2 rings (SSSR count). The van der Waals surface area contributed by atoms with Crippen LogP contribution >= 0.6 is 0 Å². The topological polar surface area (TPSA) is 30.3 Å². The highest BCUT2D eigenvalue weighted by Crippen LogP contribution is 2.17. The van der Waals surface area contributed by atoms with Gasteiger partial charge >= 0.3 is 0 Å². The zero-order chi connectivity index (χ0) is 9.26. The molecule has 0 spiro atoms. The lowest BCUT2D eigenvalue weighted by atomic mass is 10.3. The van der Waals surface area contributed by atoms with Gasteiger partial charge < -0.3 is 9.80 Å². The van der Waals surface area contributed by atoms with Crippen LogP contribution in [0.3, 0.4) is 0 Å². The molecule has 1 N–H and O–H groups in total. The monoisotopic (exact) mass is 175 g/mol. The predicted molar refractivity (Wildman–Crippen MR) is 54.1 cm³/mol. The van der Waals surface area contributed by atoms with Crippen molar-refractivity contribution < 1.29 is 0 Å². The Kier molecular flexibility index (Phi) is 1.93. The smallest absolute Gasteiger partial charge is 0.198 e. The number of hydrogen-bond acceptors (Lipinski definition) is 1. The number of likely N-dealkylation sites (N-methyl/N-ethyl adjacent to an activating group) is 1. The van der Waals surface area contributed by atoms with Crippen molar-refractivity contribution in [2.75, 3.05) is 25.0 Å². The Hall–Kier alpha value is -1.51. The van der Waals surface area contributed by atoms with Gasteiger partial charge in [-0.05, 0) is 12.1 Å². The molecular formula is C10H13N3. The number of hydrogen-bond donors (Lipinski definition) is 1. The first-order valence-corrected chi connectivity index (χ1v) is 4.41. The molecule has 1 saturated heterocycles. The van der Waals surface area contributed by atoms with Crippen molar-refractivity contribution in [3.63, 3.8) is 0 Å². The summed E-state index contributed by atoms with van der Waals surface area (Å²) in [6.07, 6.45) is 0. The van der Waals surface area contributed by atoms with Gasteiger partial charge in [-0.15, -0.1) is 0 Å². The molecule has 1 fully saturated rings. The summed E-state index contributed by atoms with van der Waals surface area (Å²) in [6.45, 7) is 1.85. The number of anilines is 1. The van der Waals surface area contributed by atoms with Crippen LogP contribution in [0.1, 0.15) is 0 Å². The second-order valence-corrected chi connectivity index (χ2v) is 3.23. The quantitative estimate of drug-likeness (QED) is 0.698. The van der Waals surface area contributed by atoms with Gasteiger partial charge in [-0.25, -0.2) is 0 Å². The van der Waals surface area contributed by atoms with E-state index in [1.807, 2.05) is 47.2 Å². The molecule has 1 aliphatic heterocycles. The fraction of sp³-hybridized carbons (Fsp3) is 0.300. The van der Waals surface area contributed by atoms with Gasteiger partial charge in [-0.2, -0.15) is 0 Å². The molecule has 0 aliphatic carbocycles. The molecule has 1 aromatic rings. The molecule has 3 nitrogen and oxygen atoms in total. The number of nitrogens with zero attached hydrogens (tertiary/aromatic N) is 2. The third-order valence-electron chi connectivity index (χ3n) is 2.34. The molecule has 3 heteroatoms. The molecule has 0 atom stereocenters. The van der Waals surface area contributed by atoms with Gasteiger partial charge in [-0.3, -0.25) is 5.41 Å². The summed E-state index contributed by atoms with van der Waals surface area (Å²) in [6, 6.07) is 10.1. The summed E-state index contributed by atoms with van der Waals surface area (Å²) < 4.78 is 0. The molecule has 0 saturated carbocycles. The Morgan fingerprint density at radius 2 is 1.85 bits per heavy atom. The highest BCUT2D eigenvalue weighted by atomic mass is 15.4. The predicted octanol–water partition coefficient (Wildman–Crippen LogP) is 1.37. The summed E-state index contributed by atoms with van der Waals surface area (Å²) in [4.78, 5) is 3.97. The highest BCUT2D eigenvalue weighted by molar-refractivity contribution is 5.95. The third kappa shape index (κ3) is 1.37. The number of nitrogens with one attached hydrogen (secondary N) is 1. The molecule has 1 heterocycles. The standard InChI is InChI=1S/C10H13N3/c1-12-7-8-13(10(12)11)9-5-3-2-4-6-9/h2-6,11H,7-8H2,1H3. The average Bonchev–Trinajstić information content (AvgIpc) is 2.49. The van der Waals surface area contributed by atoms with E-state index < -0.39 is 0 Å². The Morgan fingerprint density at radius 1 is 1.15 bits per heavy atom. The number of benzene rings is 1. The molecule has 68 valence electrons. The van der Waals surface area contributed by atoms with Crippen LogP contribution in [-0.4, -0.2) is 31.0 Å². The van der Waals surface area contributed by atoms with E-state index in [1.54, 1.807) is 0 Å². The molecular weight excluding hydrogens is 162 g/mol. The number of guanidine groups is 1. The van der Waals surface area contributed by atoms with Crippen LogP contribution in [0.15, 0.2) is 30.3 Å². The van der Waals surface area contributed by atoms with Crippen molar-refractivity contribution in [3.05, 3.63) is 30.3 Å². The van der Waals surface area contributed by atoms with Crippen molar-refractivity contribution in [1.29, 1.82) is 5.41 Å². The first kappa shape index (κ1) is 8.10. The lowest BCUT2D eigenvalue weighted by Crippen LogP contribution is -2.29. The maximum atomic E-state index is 7.80. The SMILES string of the molecule is CN1CCN(c2ccccc2)C1=N. The second kappa shape index (κ2) is 3.09. The van der Waals surface area contributed by atoms with Gasteiger partial charge in [0.2, 0.25) is 0 Å². The van der Waals surface area contributed by atoms with Crippen LogP contribution in [-0.2, 0) is 0 Å². The van der Waals surface area contributed by atoms with Crippen LogP contribution in [0.2, 0.25) is 0 Å². The minimum Gasteiger partial charge on any atom is -0.344 e. The fourth-order valence-corrected chi connectivity index (χ4v) is 1.53. The first-order chi connectivity index (χ1) is 6.29. The fourth-order valence-electron chi connectivity index (χ4n) is 1.53. The van der Waals surface area contributed by atoms with Crippen molar-refractivity contribution in [3.8, 4) is 0 Å². The molecule has 0 bridgehead atoms. The first-order valence-electron chi connectivity index (χ1n) is 4.41. The van der Waals surface area contributed by atoms with E-state index in [1.165, 1.54) is 0 Å². The maximum Gasteiger partial charge on any atom is 0.198 e. The van der Waals surface area contributed by atoms with E-state index in [0.717, 1.165) is 18.8 Å². The lowest BCUT2D eigenvalue weighted by Gasteiger charge is -2.18. The zero-order valence-corrected chi connectivity index (χ0v) is 7.70. The van der Waals surface area contributed by atoms with Crippen LogP contribution in [0.5, 0.6) is 0 Å². The van der Waals surface area contributed by atoms with Gasteiger partial charge in [0.1, 0.15) is 0 Å².